The molecule has 0 bridgehead atoms. The van der Waals surface area contributed by atoms with Gasteiger partial charge >= 0.3 is 0 Å². The zero-order valence-corrected chi connectivity index (χ0v) is 20.9. The number of rotatable bonds is 16. The molecule has 0 saturated carbocycles. The van der Waals surface area contributed by atoms with Gasteiger partial charge < -0.3 is 43.1 Å². The minimum atomic E-state index is -1.10. The van der Waals surface area contributed by atoms with Crippen LogP contribution < -0.4 is 33.2 Å². The van der Waals surface area contributed by atoms with Gasteiger partial charge in [0.1, 0.15) is 24.4 Å². The molecule has 0 unspecified atom stereocenters. The molecular weight excluding hydrogens is 466 g/mol. The molecular formula is C24H39N7O5. The molecule has 12 nitrogen and oxygen atoms in total. The van der Waals surface area contributed by atoms with Gasteiger partial charge in [-0.3, -0.25) is 19.4 Å². The topological polar surface area (TPSA) is 215 Å². The van der Waals surface area contributed by atoms with Crippen LogP contribution in [0.2, 0.25) is 0 Å². The number of aliphatic imine (C=N–C) groups is 1. The van der Waals surface area contributed by atoms with Gasteiger partial charge in [-0.15, -0.1) is 0 Å². The van der Waals surface area contributed by atoms with Crippen LogP contribution in [0.4, 0.5) is 0 Å². The second-order valence-electron chi connectivity index (χ2n) is 8.61. The summed E-state index contributed by atoms with van der Waals surface area (Å²) >= 11 is 0. The second kappa shape index (κ2) is 16.2. The van der Waals surface area contributed by atoms with Crippen LogP contribution in [0.1, 0.15) is 38.7 Å². The van der Waals surface area contributed by atoms with Gasteiger partial charge in [0.05, 0.1) is 12.6 Å². The maximum absolute atomic E-state index is 13.3. The van der Waals surface area contributed by atoms with Crippen molar-refractivity contribution in [3.63, 3.8) is 0 Å². The maximum atomic E-state index is 13.3. The number of amides is 3. The third-order valence-corrected chi connectivity index (χ3v) is 5.70. The number of hydrogen-bond donors (Lipinski definition) is 7. The van der Waals surface area contributed by atoms with E-state index in [1.165, 1.54) is 0 Å². The Morgan fingerprint density at radius 3 is 2.28 bits per heavy atom. The van der Waals surface area contributed by atoms with E-state index in [9.17, 15) is 24.3 Å². The first-order valence-electron chi connectivity index (χ1n) is 11.9. The van der Waals surface area contributed by atoms with Crippen molar-refractivity contribution in [1.82, 2.24) is 16.0 Å². The van der Waals surface area contributed by atoms with Crippen LogP contribution in [0.3, 0.4) is 0 Å². The van der Waals surface area contributed by atoms with Gasteiger partial charge in [-0.2, -0.15) is 0 Å². The molecule has 1 rings (SSSR count). The molecule has 0 aliphatic heterocycles. The number of aliphatic hydroxyl groups is 1. The Morgan fingerprint density at radius 1 is 1.06 bits per heavy atom. The fourth-order valence-electron chi connectivity index (χ4n) is 3.34. The van der Waals surface area contributed by atoms with E-state index in [0.29, 0.717) is 32.1 Å². The normalized spacial score (nSPS) is 14.9. The lowest BCUT2D eigenvalue weighted by Gasteiger charge is -2.28. The highest BCUT2D eigenvalue weighted by molar-refractivity contribution is 5.93. The van der Waals surface area contributed by atoms with E-state index in [1.54, 1.807) is 31.2 Å². The van der Waals surface area contributed by atoms with E-state index in [2.05, 4.69) is 20.9 Å². The number of aldehydes is 1. The van der Waals surface area contributed by atoms with E-state index in [0.717, 1.165) is 5.56 Å². The SMILES string of the molecule is CC[C@H](C)[C@H](NC(=O)[C@@H](N)CCCN=C(N)N)C(=O)N[C@@H](Cc1ccccc1)C(=O)N[C@H](C=O)CO. The number of benzene rings is 1. The Hall–Kier alpha value is -3.51. The van der Waals surface area contributed by atoms with Crippen molar-refractivity contribution in [3.8, 4) is 0 Å². The van der Waals surface area contributed by atoms with Crippen LogP contribution in [-0.2, 0) is 25.6 Å². The van der Waals surface area contributed by atoms with Crippen LogP contribution in [0.5, 0.6) is 0 Å². The first-order chi connectivity index (χ1) is 17.1. The number of nitrogens with two attached hydrogens (primary N) is 3. The molecule has 5 atom stereocenters. The van der Waals surface area contributed by atoms with Crippen molar-refractivity contribution in [1.29, 1.82) is 0 Å². The van der Waals surface area contributed by atoms with Crippen LogP contribution in [-0.4, -0.2) is 72.4 Å². The summed E-state index contributed by atoms with van der Waals surface area (Å²) in [5.41, 5.74) is 17.3. The molecule has 10 N–H and O–H groups in total. The van der Waals surface area contributed by atoms with Gasteiger partial charge in [0.15, 0.2) is 5.96 Å². The number of hydrogen-bond acceptors (Lipinski definition) is 7. The average molecular weight is 506 g/mol. The first-order valence-corrected chi connectivity index (χ1v) is 11.9. The molecule has 0 heterocycles. The quantitative estimate of drug-likeness (QED) is 0.0593. The molecule has 0 aliphatic carbocycles. The number of carbonyl (C=O) groups excluding carboxylic acids is 4. The minimum Gasteiger partial charge on any atom is -0.394 e. The smallest absolute Gasteiger partial charge is 0.243 e. The highest BCUT2D eigenvalue weighted by atomic mass is 16.3. The number of guanidine groups is 1. The van der Waals surface area contributed by atoms with E-state index in [1.807, 2.05) is 13.0 Å². The standard InChI is InChI=1S/C24H39N7O5/c1-3-15(2)20(31-21(34)18(25)10-7-11-28-24(26)27)23(36)30-19(12-16-8-5-4-6-9-16)22(35)29-17(13-32)14-33/h4-6,8-9,13,15,17-20,33H,3,7,10-12,14,25H2,1-2H3,(H,29,35)(H,30,36)(H,31,34)(H4,26,27,28)/t15-,17+,18-,19-,20-/m0/s1. The molecule has 3 amide bonds. The molecule has 0 aromatic heterocycles. The van der Waals surface area contributed by atoms with Crippen LogP contribution in [0, 0.1) is 5.92 Å². The van der Waals surface area contributed by atoms with Gasteiger partial charge in [-0.1, -0.05) is 50.6 Å². The summed E-state index contributed by atoms with van der Waals surface area (Å²) < 4.78 is 0. The van der Waals surface area contributed by atoms with Gasteiger partial charge in [-0.25, -0.2) is 0 Å². The zero-order valence-electron chi connectivity index (χ0n) is 20.9. The molecule has 12 heteroatoms. The Kier molecular flexibility index (Phi) is 13.7. The highest BCUT2D eigenvalue weighted by Gasteiger charge is 2.31. The van der Waals surface area contributed by atoms with E-state index in [4.69, 9.17) is 17.2 Å². The van der Waals surface area contributed by atoms with Crippen LogP contribution in [0.15, 0.2) is 35.3 Å². The summed E-state index contributed by atoms with van der Waals surface area (Å²) in [7, 11) is 0. The Labute approximate surface area is 211 Å². The summed E-state index contributed by atoms with van der Waals surface area (Å²) in [6.45, 7) is 3.42. The van der Waals surface area contributed by atoms with Gasteiger partial charge in [0.2, 0.25) is 17.7 Å². The molecule has 0 saturated heterocycles. The summed E-state index contributed by atoms with van der Waals surface area (Å²) in [5, 5.41) is 17.1. The summed E-state index contributed by atoms with van der Waals surface area (Å²) in [6.07, 6.45) is 1.92. The van der Waals surface area contributed by atoms with E-state index < -0.39 is 48.5 Å². The van der Waals surface area contributed by atoms with Crippen LogP contribution >= 0.6 is 0 Å². The molecule has 1 aromatic rings. The number of aliphatic hydroxyl groups excluding tert-OH is 1. The van der Waals surface area contributed by atoms with E-state index in [-0.39, 0.29) is 18.3 Å². The maximum Gasteiger partial charge on any atom is 0.243 e. The first kappa shape index (κ1) is 30.5. The Balaban J connectivity index is 2.97. The minimum absolute atomic E-state index is 0.0472. The van der Waals surface area contributed by atoms with E-state index >= 15 is 0 Å². The second-order valence-corrected chi connectivity index (χ2v) is 8.61. The predicted molar refractivity (Wildman–Crippen MR) is 136 cm³/mol. The van der Waals surface area contributed by atoms with Gasteiger partial charge in [-0.05, 0) is 24.3 Å². The van der Waals surface area contributed by atoms with Crippen LogP contribution in [0.25, 0.3) is 0 Å². The number of carbonyl (C=O) groups is 4. The largest absolute Gasteiger partial charge is 0.394 e. The summed E-state index contributed by atoms with van der Waals surface area (Å²) in [6, 6.07) is 5.03. The molecule has 0 fully saturated rings. The Bertz CT molecular complexity index is 877. The monoisotopic (exact) mass is 505 g/mol. The molecule has 0 spiro atoms. The molecule has 200 valence electrons. The fourth-order valence-corrected chi connectivity index (χ4v) is 3.34. The van der Waals surface area contributed by atoms with Crippen molar-refractivity contribution in [2.24, 2.45) is 28.1 Å². The molecule has 0 radical (unpaired) electrons. The zero-order chi connectivity index (χ0) is 27.1. The average Bonchev–Trinajstić information content (AvgIpc) is 2.87. The fraction of sp³-hybridized carbons (Fsp3) is 0.542. The highest BCUT2D eigenvalue weighted by Crippen LogP contribution is 2.11. The molecule has 1 aromatic carbocycles. The van der Waals surface area contributed by atoms with Crippen molar-refractivity contribution >= 4 is 30.0 Å². The lowest BCUT2D eigenvalue weighted by molar-refractivity contribution is -0.134. The van der Waals surface area contributed by atoms with Crippen molar-refractivity contribution in [3.05, 3.63) is 35.9 Å². The number of nitrogens with one attached hydrogen (secondary N) is 3. The predicted octanol–water partition coefficient (Wildman–Crippen LogP) is -1.70. The summed E-state index contributed by atoms with van der Waals surface area (Å²) in [4.78, 5) is 53.7. The summed E-state index contributed by atoms with van der Waals surface area (Å²) in [5.74, 6) is -2.01. The molecule has 0 aliphatic rings. The van der Waals surface area contributed by atoms with Gasteiger partial charge in [0, 0.05) is 13.0 Å². The van der Waals surface area contributed by atoms with Crippen molar-refractivity contribution in [2.45, 2.75) is 63.7 Å². The van der Waals surface area contributed by atoms with Crippen molar-refractivity contribution < 1.29 is 24.3 Å². The lowest BCUT2D eigenvalue weighted by atomic mass is 9.96. The molecule has 36 heavy (non-hydrogen) atoms. The Morgan fingerprint density at radius 2 is 1.72 bits per heavy atom. The third kappa shape index (κ3) is 10.8. The lowest BCUT2D eigenvalue weighted by Crippen LogP contribution is -2.59. The van der Waals surface area contributed by atoms with Gasteiger partial charge in [0.25, 0.3) is 0 Å². The number of nitrogens with zero attached hydrogens (tertiary/aromatic N) is 1. The third-order valence-electron chi connectivity index (χ3n) is 5.70. The van der Waals surface area contributed by atoms with Crippen molar-refractivity contribution in [2.75, 3.05) is 13.2 Å².